The minimum atomic E-state index is -3.37. The summed E-state index contributed by atoms with van der Waals surface area (Å²) in [6.45, 7) is 6.16. The molecule has 250 valence electrons. The fourth-order valence-electron chi connectivity index (χ4n) is 7.64. The predicted molar refractivity (Wildman–Crippen MR) is 186 cm³/mol. The maximum atomic E-state index is 12.6. The summed E-state index contributed by atoms with van der Waals surface area (Å²) in [7, 11) is -1.15. The number of aliphatic hydroxyl groups excluding tert-OH is 1. The molecule has 11 heteroatoms. The SMILES string of the molecule is CN1CCC(C2CCN(C[C@H](O)Cn3nc(-c4ccc(Cl)c(CCc5ccc(Cl)cc5)c4)c4c3CCN(S(C)(=O)=O)C4)CC2)CC1. The Morgan fingerprint density at radius 1 is 0.913 bits per heavy atom. The fraction of sp³-hybridized carbons (Fsp3) is 0.571. The number of sulfonamides is 1. The molecule has 0 spiro atoms. The first kappa shape index (κ1) is 33.9. The van der Waals surface area contributed by atoms with Crippen LogP contribution in [0, 0.1) is 11.8 Å². The van der Waals surface area contributed by atoms with Crippen molar-refractivity contribution in [2.75, 3.05) is 52.6 Å². The molecule has 4 heterocycles. The highest BCUT2D eigenvalue weighted by molar-refractivity contribution is 7.88. The molecule has 0 saturated carbocycles. The van der Waals surface area contributed by atoms with Gasteiger partial charge in [0.2, 0.25) is 10.0 Å². The maximum Gasteiger partial charge on any atom is 0.211 e. The first-order chi connectivity index (χ1) is 22.0. The first-order valence-corrected chi connectivity index (χ1v) is 19.3. The molecule has 46 heavy (non-hydrogen) atoms. The highest BCUT2D eigenvalue weighted by Crippen LogP contribution is 2.35. The van der Waals surface area contributed by atoms with Crippen LogP contribution in [0.15, 0.2) is 42.5 Å². The highest BCUT2D eigenvalue weighted by Gasteiger charge is 2.32. The molecule has 3 aliphatic heterocycles. The van der Waals surface area contributed by atoms with Crippen molar-refractivity contribution in [2.24, 2.45) is 11.8 Å². The summed E-state index contributed by atoms with van der Waals surface area (Å²) < 4.78 is 28.6. The Balaban J connectivity index is 1.17. The zero-order valence-corrected chi connectivity index (χ0v) is 29.4. The third-order valence-electron chi connectivity index (χ3n) is 10.4. The van der Waals surface area contributed by atoms with Crippen LogP contribution in [0.2, 0.25) is 10.0 Å². The highest BCUT2D eigenvalue weighted by atomic mass is 35.5. The van der Waals surface area contributed by atoms with E-state index < -0.39 is 16.1 Å². The minimum absolute atomic E-state index is 0.271. The Labute approximate surface area is 284 Å². The molecule has 2 aromatic carbocycles. The van der Waals surface area contributed by atoms with Crippen LogP contribution in [-0.4, -0.2) is 96.1 Å². The van der Waals surface area contributed by atoms with Crippen molar-refractivity contribution in [3.63, 3.8) is 0 Å². The zero-order chi connectivity index (χ0) is 32.4. The van der Waals surface area contributed by atoms with E-state index in [0.29, 0.717) is 36.1 Å². The summed E-state index contributed by atoms with van der Waals surface area (Å²) in [5.41, 5.74) is 5.78. The Morgan fingerprint density at radius 3 is 2.26 bits per heavy atom. The fourth-order valence-corrected chi connectivity index (χ4v) is 8.76. The van der Waals surface area contributed by atoms with E-state index in [9.17, 15) is 13.5 Å². The van der Waals surface area contributed by atoms with Gasteiger partial charge in [-0.2, -0.15) is 9.40 Å². The van der Waals surface area contributed by atoms with Gasteiger partial charge in [-0.3, -0.25) is 4.68 Å². The van der Waals surface area contributed by atoms with Gasteiger partial charge in [-0.15, -0.1) is 0 Å². The van der Waals surface area contributed by atoms with E-state index in [1.807, 2.05) is 41.1 Å². The first-order valence-electron chi connectivity index (χ1n) is 16.7. The lowest BCUT2D eigenvalue weighted by Gasteiger charge is -2.39. The van der Waals surface area contributed by atoms with Crippen molar-refractivity contribution < 1.29 is 13.5 Å². The van der Waals surface area contributed by atoms with E-state index in [1.54, 1.807) is 0 Å². The summed E-state index contributed by atoms with van der Waals surface area (Å²) in [6, 6.07) is 13.8. The number of aromatic nitrogens is 2. The number of likely N-dealkylation sites (tertiary alicyclic amines) is 2. The molecule has 6 rings (SSSR count). The number of aliphatic hydroxyl groups is 1. The van der Waals surface area contributed by atoms with Crippen LogP contribution in [0.25, 0.3) is 11.3 Å². The Hall–Kier alpha value is -1.98. The van der Waals surface area contributed by atoms with Gasteiger partial charge >= 0.3 is 0 Å². The number of aryl methyl sites for hydroxylation is 2. The zero-order valence-electron chi connectivity index (χ0n) is 27.0. The van der Waals surface area contributed by atoms with Gasteiger partial charge in [-0.05, 0) is 119 Å². The molecular weight excluding hydrogens is 641 g/mol. The molecule has 0 radical (unpaired) electrons. The quantitative estimate of drug-likeness (QED) is 0.309. The van der Waals surface area contributed by atoms with E-state index in [2.05, 4.69) is 22.9 Å². The summed E-state index contributed by atoms with van der Waals surface area (Å²) >= 11 is 12.7. The normalized spacial score (nSPS) is 20.2. The second kappa shape index (κ2) is 14.6. The molecule has 8 nitrogen and oxygen atoms in total. The lowest BCUT2D eigenvalue weighted by Crippen LogP contribution is -2.43. The number of hydrogen-bond donors (Lipinski definition) is 1. The number of rotatable bonds is 10. The number of hydrogen-bond acceptors (Lipinski definition) is 6. The van der Waals surface area contributed by atoms with Gasteiger partial charge in [-0.1, -0.05) is 41.4 Å². The van der Waals surface area contributed by atoms with E-state index in [-0.39, 0.29) is 6.54 Å². The monoisotopic (exact) mass is 687 g/mol. The number of nitrogens with zero attached hydrogens (tertiary/aromatic N) is 5. The van der Waals surface area contributed by atoms with E-state index >= 15 is 0 Å². The van der Waals surface area contributed by atoms with Crippen LogP contribution in [-0.2, 0) is 42.4 Å². The van der Waals surface area contributed by atoms with Crippen LogP contribution < -0.4 is 0 Å². The van der Waals surface area contributed by atoms with E-state index in [4.69, 9.17) is 28.3 Å². The molecule has 2 fully saturated rings. The summed E-state index contributed by atoms with van der Waals surface area (Å²) in [5, 5.41) is 17.7. The predicted octanol–water partition coefficient (Wildman–Crippen LogP) is 5.37. The summed E-state index contributed by atoms with van der Waals surface area (Å²) in [5.74, 6) is 1.64. The number of β-amino-alcohol motifs (C(OH)–C–C–N with tert-alkyl or cyclic N) is 1. The Bertz CT molecular complexity index is 1600. The van der Waals surface area contributed by atoms with E-state index in [0.717, 1.165) is 65.8 Å². The summed E-state index contributed by atoms with van der Waals surface area (Å²) in [6.07, 6.45) is 7.86. The third-order valence-corrected chi connectivity index (χ3v) is 12.3. The topological polar surface area (TPSA) is 81.9 Å². The number of fused-ring (bicyclic) bond motifs is 1. The lowest BCUT2D eigenvalue weighted by molar-refractivity contribution is 0.0576. The number of piperidine rings is 2. The van der Waals surface area contributed by atoms with E-state index in [1.165, 1.54) is 54.9 Å². The van der Waals surface area contributed by atoms with Crippen molar-refractivity contribution in [2.45, 2.75) is 64.1 Å². The van der Waals surface area contributed by atoms with Crippen LogP contribution in [0.3, 0.4) is 0 Å². The standard InChI is InChI=1S/C35H47Cl2N5O3S/c1-39-16-11-26(12-17-39)27-13-18-40(19-14-27)22-31(43)23-42-34-15-20-41(46(2,44)45)24-32(34)35(38-42)29-7-10-33(37)28(21-29)6-3-25-4-8-30(36)9-5-25/h4-5,7-10,21,26-27,31,43H,3,6,11-20,22-24H2,1-2H3/t31-/m0/s1. The number of benzene rings is 2. The second-order valence-electron chi connectivity index (χ2n) is 13.7. The molecule has 0 aliphatic carbocycles. The molecule has 0 bridgehead atoms. The van der Waals surface area contributed by atoms with Crippen molar-refractivity contribution in [1.29, 1.82) is 0 Å². The second-order valence-corrected chi connectivity index (χ2v) is 16.5. The lowest BCUT2D eigenvalue weighted by atomic mass is 9.79. The van der Waals surface area contributed by atoms with Gasteiger partial charge < -0.3 is 14.9 Å². The number of halogens is 2. The Kier molecular flexibility index (Phi) is 10.8. The van der Waals surface area contributed by atoms with Crippen molar-refractivity contribution in [3.8, 4) is 11.3 Å². The van der Waals surface area contributed by atoms with Crippen molar-refractivity contribution in [1.82, 2.24) is 23.9 Å². The molecule has 0 unspecified atom stereocenters. The van der Waals surface area contributed by atoms with Gasteiger partial charge in [0, 0.05) is 52.9 Å². The third kappa shape index (κ3) is 8.17. The van der Waals surface area contributed by atoms with Crippen molar-refractivity contribution >= 4 is 33.2 Å². The van der Waals surface area contributed by atoms with Gasteiger partial charge in [0.1, 0.15) is 0 Å². The smallest absolute Gasteiger partial charge is 0.211 e. The molecule has 2 saturated heterocycles. The molecular formula is C35H47Cl2N5O3S. The molecule has 3 aliphatic rings. The van der Waals surface area contributed by atoms with Crippen LogP contribution in [0.4, 0.5) is 0 Å². The van der Waals surface area contributed by atoms with Gasteiger partial charge in [0.25, 0.3) is 0 Å². The Morgan fingerprint density at radius 2 is 1.59 bits per heavy atom. The largest absolute Gasteiger partial charge is 0.390 e. The summed E-state index contributed by atoms with van der Waals surface area (Å²) in [4.78, 5) is 4.85. The van der Waals surface area contributed by atoms with Gasteiger partial charge in [-0.25, -0.2) is 8.42 Å². The molecule has 1 N–H and O–H groups in total. The van der Waals surface area contributed by atoms with Crippen LogP contribution in [0.5, 0.6) is 0 Å². The van der Waals surface area contributed by atoms with Crippen LogP contribution >= 0.6 is 23.2 Å². The molecule has 1 aromatic heterocycles. The molecule has 1 atom stereocenters. The van der Waals surface area contributed by atoms with Crippen molar-refractivity contribution in [3.05, 3.63) is 74.9 Å². The average Bonchev–Trinajstić information content (AvgIpc) is 3.39. The molecule has 0 amide bonds. The maximum absolute atomic E-state index is 12.6. The average molecular weight is 689 g/mol. The minimum Gasteiger partial charge on any atom is -0.390 e. The van der Waals surface area contributed by atoms with Crippen LogP contribution in [0.1, 0.15) is 48.1 Å². The van der Waals surface area contributed by atoms with Gasteiger partial charge in [0.15, 0.2) is 0 Å². The molecule has 3 aromatic rings. The van der Waals surface area contributed by atoms with Gasteiger partial charge in [0.05, 0.1) is 24.6 Å².